The number of rotatable bonds is 1. The minimum atomic E-state index is -0.905. The Kier molecular flexibility index (Phi) is 2.44. The monoisotopic (exact) mass is 205 g/mol. The van der Waals surface area contributed by atoms with E-state index in [0.717, 1.165) is 6.54 Å². The van der Waals surface area contributed by atoms with Gasteiger partial charge in [0.2, 0.25) is 0 Å². The molecule has 0 spiro atoms. The molecule has 1 nitrogen and oxygen atoms in total. The third-order valence-electron chi connectivity index (χ3n) is 3.52. The summed E-state index contributed by atoms with van der Waals surface area (Å²) in [5.74, 6) is -0.948. The summed E-state index contributed by atoms with van der Waals surface area (Å²) < 4.78 is 26.5. The summed E-state index contributed by atoms with van der Waals surface area (Å²) in [6.07, 6.45) is -0.905. The van der Waals surface area contributed by atoms with Crippen LogP contribution in [-0.4, -0.2) is 45.5 Å². The molecule has 4 heteroatoms. The minimum absolute atomic E-state index is 0.221. The van der Waals surface area contributed by atoms with Gasteiger partial charge in [-0.2, -0.15) is 0 Å². The lowest BCUT2D eigenvalue weighted by atomic mass is 9.93. The quantitative estimate of drug-likeness (QED) is 0.576. The van der Waals surface area contributed by atoms with E-state index in [1.165, 1.54) is 0 Å². The predicted octanol–water partition coefficient (Wildman–Crippen LogP) is 0.931. The molecule has 76 valence electrons. The minimum Gasteiger partial charge on any atom is -0.298 e. The Morgan fingerprint density at radius 3 is 2.46 bits per heavy atom. The topological polar surface area (TPSA) is 3.24 Å². The maximum Gasteiger partial charge on any atom is 0.118 e. The highest BCUT2D eigenvalue weighted by molar-refractivity contribution is 6.44. The zero-order valence-corrected chi connectivity index (χ0v) is 9.63. The summed E-state index contributed by atoms with van der Waals surface area (Å²) in [6, 6.07) is 0.409. The van der Waals surface area contributed by atoms with Gasteiger partial charge in [-0.15, -0.1) is 0 Å². The van der Waals surface area contributed by atoms with Crippen molar-refractivity contribution in [3.8, 4) is 0 Å². The van der Waals surface area contributed by atoms with Crippen LogP contribution in [0.2, 0.25) is 5.54 Å². The molecule has 13 heavy (non-hydrogen) atoms. The predicted molar refractivity (Wildman–Crippen MR) is 52.3 cm³/mol. The van der Waals surface area contributed by atoms with Crippen molar-refractivity contribution in [2.45, 2.75) is 37.4 Å². The number of piperidine rings is 1. The Balaban J connectivity index is 1.98. The van der Waals surface area contributed by atoms with Crippen LogP contribution in [0.5, 0.6) is 0 Å². The van der Waals surface area contributed by atoms with Crippen molar-refractivity contribution in [3.05, 3.63) is 0 Å². The first-order chi connectivity index (χ1) is 6.09. The normalized spacial score (nSPS) is 47.8. The number of hydrogen-bond donors (Lipinski definition) is 0. The molecule has 0 aromatic rings. The molecule has 0 bridgehead atoms. The van der Waals surface area contributed by atoms with E-state index >= 15 is 0 Å². The maximum atomic E-state index is 13.5. The van der Waals surface area contributed by atoms with Crippen LogP contribution in [0.15, 0.2) is 0 Å². The molecule has 2 saturated heterocycles. The number of halogens is 2. The van der Waals surface area contributed by atoms with E-state index in [1.807, 2.05) is 0 Å². The first-order valence-corrected chi connectivity index (χ1v) is 6.75. The van der Waals surface area contributed by atoms with Crippen LogP contribution in [0.25, 0.3) is 0 Å². The average molecular weight is 205 g/mol. The number of hydrogen-bond acceptors (Lipinski definition) is 1. The van der Waals surface area contributed by atoms with Crippen molar-refractivity contribution in [1.29, 1.82) is 0 Å². The standard InChI is InChI=1S/C9H17F2NSi/c1-5(2)12-3-6(10)8-7(4-12)13-9(8)11/h5-9H,3-4,13H2,1-2H3/t6-,7?,8+,9-/m0/s1. The second-order valence-corrected chi connectivity index (χ2v) is 6.95. The number of likely N-dealkylation sites (tertiary alicyclic amines) is 1. The highest BCUT2D eigenvalue weighted by atomic mass is 28.2. The lowest BCUT2D eigenvalue weighted by Crippen LogP contribution is -2.60. The van der Waals surface area contributed by atoms with Crippen molar-refractivity contribution in [3.63, 3.8) is 0 Å². The van der Waals surface area contributed by atoms with Gasteiger partial charge >= 0.3 is 0 Å². The molecule has 2 aliphatic rings. The fraction of sp³-hybridized carbons (Fsp3) is 1.00. The second kappa shape index (κ2) is 3.31. The van der Waals surface area contributed by atoms with Gasteiger partial charge < -0.3 is 0 Å². The molecule has 2 aliphatic heterocycles. The summed E-state index contributed by atoms with van der Waals surface area (Å²) in [5.41, 5.74) is 0.418. The molecular formula is C9H17F2NSi. The van der Waals surface area contributed by atoms with Gasteiger partial charge in [-0.05, 0) is 25.9 Å². The van der Waals surface area contributed by atoms with Crippen LogP contribution in [-0.2, 0) is 0 Å². The Morgan fingerprint density at radius 1 is 1.31 bits per heavy atom. The molecule has 0 saturated carbocycles. The van der Waals surface area contributed by atoms with E-state index in [-0.39, 0.29) is 5.92 Å². The van der Waals surface area contributed by atoms with E-state index in [9.17, 15) is 8.78 Å². The molecule has 2 rings (SSSR count). The molecule has 0 aromatic heterocycles. The zero-order chi connectivity index (χ0) is 9.59. The summed E-state index contributed by atoms with van der Waals surface area (Å²) in [5, 5.41) is 0. The lowest BCUT2D eigenvalue weighted by molar-refractivity contribution is 0.0237. The van der Waals surface area contributed by atoms with Crippen LogP contribution in [0.4, 0.5) is 8.78 Å². The Hall–Kier alpha value is 0.0369. The molecule has 4 atom stereocenters. The summed E-state index contributed by atoms with van der Waals surface area (Å²) in [7, 11) is -0.608. The second-order valence-electron chi connectivity index (χ2n) is 4.65. The molecular weight excluding hydrogens is 188 g/mol. The third-order valence-corrected chi connectivity index (χ3v) is 5.92. The smallest absolute Gasteiger partial charge is 0.118 e. The largest absolute Gasteiger partial charge is 0.298 e. The molecule has 0 radical (unpaired) electrons. The van der Waals surface area contributed by atoms with E-state index in [0.29, 0.717) is 18.1 Å². The molecule has 0 aliphatic carbocycles. The van der Waals surface area contributed by atoms with Gasteiger partial charge in [-0.3, -0.25) is 9.29 Å². The molecule has 2 heterocycles. The highest BCUT2D eigenvalue weighted by Crippen LogP contribution is 2.43. The van der Waals surface area contributed by atoms with Crippen LogP contribution < -0.4 is 0 Å². The molecule has 0 aromatic carbocycles. The van der Waals surface area contributed by atoms with E-state index < -0.39 is 21.5 Å². The van der Waals surface area contributed by atoms with Gasteiger partial charge in [-0.25, -0.2) is 4.39 Å². The van der Waals surface area contributed by atoms with Crippen LogP contribution in [0.1, 0.15) is 13.8 Å². The van der Waals surface area contributed by atoms with Gasteiger partial charge in [0, 0.05) is 18.5 Å². The maximum absolute atomic E-state index is 13.5. The van der Waals surface area contributed by atoms with Crippen LogP contribution in [0, 0.1) is 5.92 Å². The van der Waals surface area contributed by atoms with Gasteiger partial charge in [0.15, 0.2) is 0 Å². The highest BCUT2D eigenvalue weighted by Gasteiger charge is 2.50. The van der Waals surface area contributed by atoms with Crippen molar-refractivity contribution in [2.75, 3.05) is 13.1 Å². The summed E-state index contributed by atoms with van der Waals surface area (Å²) >= 11 is 0. The first kappa shape index (κ1) is 9.59. The number of nitrogens with zero attached hydrogens (tertiary/aromatic N) is 1. The van der Waals surface area contributed by atoms with Crippen molar-refractivity contribution in [2.24, 2.45) is 5.92 Å². The molecule has 2 fully saturated rings. The summed E-state index contributed by atoms with van der Waals surface area (Å²) in [4.78, 5) is 2.16. The van der Waals surface area contributed by atoms with Gasteiger partial charge in [-0.1, -0.05) is 0 Å². The SMILES string of the molecule is CC(C)N1CC2[SiH2][C@H](F)[C@@H]2[C@@H](F)C1. The van der Waals surface area contributed by atoms with Crippen LogP contribution >= 0.6 is 0 Å². The van der Waals surface area contributed by atoms with Crippen molar-refractivity contribution >= 4 is 9.52 Å². The zero-order valence-electron chi connectivity index (χ0n) is 8.21. The Morgan fingerprint density at radius 2 is 2.00 bits per heavy atom. The van der Waals surface area contributed by atoms with Crippen LogP contribution in [0.3, 0.4) is 0 Å². The van der Waals surface area contributed by atoms with E-state index in [1.54, 1.807) is 0 Å². The molecule has 1 unspecified atom stereocenters. The fourth-order valence-corrected chi connectivity index (χ4v) is 4.94. The number of alkyl halides is 2. The molecule has 0 N–H and O–H groups in total. The lowest BCUT2D eigenvalue weighted by Gasteiger charge is -2.50. The van der Waals surface area contributed by atoms with E-state index in [4.69, 9.17) is 0 Å². The number of fused-ring (bicyclic) bond motifs is 1. The molecule has 0 amide bonds. The Bertz CT molecular complexity index is 192. The van der Waals surface area contributed by atoms with Crippen molar-refractivity contribution < 1.29 is 8.78 Å². The van der Waals surface area contributed by atoms with Gasteiger partial charge in [0.05, 0.1) is 15.3 Å². The third kappa shape index (κ3) is 1.54. The summed E-state index contributed by atoms with van der Waals surface area (Å²) in [6.45, 7) is 5.57. The van der Waals surface area contributed by atoms with Crippen molar-refractivity contribution in [1.82, 2.24) is 4.90 Å². The van der Waals surface area contributed by atoms with E-state index in [2.05, 4.69) is 18.7 Å². The fourth-order valence-electron chi connectivity index (χ4n) is 2.56. The van der Waals surface area contributed by atoms with Gasteiger partial charge in [0.25, 0.3) is 0 Å². The Labute approximate surface area is 80.3 Å². The van der Waals surface area contributed by atoms with Gasteiger partial charge in [0.1, 0.15) is 6.17 Å². The average Bonchev–Trinajstić information content (AvgIpc) is 2.00. The first-order valence-electron chi connectivity index (χ1n) is 5.11.